The standard InChI is InChI=1S/C64H42N2O/c1-3-20-53(21-4-1)65(56-32-29-43-15-7-8-16-46(43)39-56)55-24-14-19-47(40-55)44-17-13-18-45(35-44)50-36-51(38-52(37-50)49-31-34-60-59-26-10-12-28-63(59)67-64(60)42-49)48-30-33-58-57-25-9-11-27-61(57)66(62(58)41-48)54-22-5-2-6-23-54/h1-42H. The fourth-order valence-electron chi connectivity index (χ4n) is 10.1. The largest absolute Gasteiger partial charge is 0.456 e. The highest BCUT2D eigenvalue weighted by Gasteiger charge is 2.17. The van der Waals surface area contributed by atoms with E-state index in [4.69, 9.17) is 4.42 Å². The van der Waals surface area contributed by atoms with Crippen molar-refractivity contribution in [2.24, 2.45) is 0 Å². The lowest BCUT2D eigenvalue weighted by molar-refractivity contribution is 0.669. The highest BCUT2D eigenvalue weighted by Crippen LogP contribution is 2.42. The van der Waals surface area contributed by atoms with Crippen LogP contribution in [0.25, 0.3) is 105 Å². The number of benzene rings is 11. The molecule has 13 aromatic rings. The summed E-state index contributed by atoms with van der Waals surface area (Å²) in [5, 5.41) is 7.16. The van der Waals surface area contributed by atoms with E-state index < -0.39 is 0 Å². The molecule has 0 spiro atoms. The van der Waals surface area contributed by atoms with Gasteiger partial charge in [0.25, 0.3) is 0 Å². The predicted molar refractivity (Wildman–Crippen MR) is 282 cm³/mol. The Morgan fingerprint density at radius 2 is 0.791 bits per heavy atom. The molecule has 0 fully saturated rings. The summed E-state index contributed by atoms with van der Waals surface area (Å²) in [6.45, 7) is 0. The van der Waals surface area contributed by atoms with Crippen LogP contribution in [0.5, 0.6) is 0 Å². The van der Waals surface area contributed by atoms with Gasteiger partial charge < -0.3 is 13.9 Å². The van der Waals surface area contributed by atoms with Crippen LogP contribution in [0.15, 0.2) is 259 Å². The van der Waals surface area contributed by atoms with Crippen molar-refractivity contribution < 1.29 is 4.42 Å². The summed E-state index contributed by atoms with van der Waals surface area (Å²) < 4.78 is 8.83. The molecule has 0 unspecified atom stereocenters. The summed E-state index contributed by atoms with van der Waals surface area (Å²) in [7, 11) is 0. The Bertz CT molecular complexity index is 3990. The van der Waals surface area contributed by atoms with Gasteiger partial charge >= 0.3 is 0 Å². The molecule has 0 bridgehead atoms. The first kappa shape index (κ1) is 38.5. The number of anilines is 3. The second-order valence-corrected chi connectivity index (χ2v) is 17.4. The zero-order valence-corrected chi connectivity index (χ0v) is 36.6. The highest BCUT2D eigenvalue weighted by molar-refractivity contribution is 6.10. The van der Waals surface area contributed by atoms with E-state index >= 15 is 0 Å². The van der Waals surface area contributed by atoms with Crippen LogP contribution in [-0.2, 0) is 0 Å². The van der Waals surface area contributed by atoms with Gasteiger partial charge in [0.15, 0.2) is 0 Å². The second kappa shape index (κ2) is 16.0. The molecule has 0 radical (unpaired) electrons. The molecule has 2 heterocycles. The summed E-state index contributed by atoms with van der Waals surface area (Å²) in [6, 6.07) is 92.1. The topological polar surface area (TPSA) is 21.3 Å². The number of fused-ring (bicyclic) bond motifs is 7. The van der Waals surface area contributed by atoms with Gasteiger partial charge in [0.1, 0.15) is 11.2 Å². The highest BCUT2D eigenvalue weighted by atomic mass is 16.3. The van der Waals surface area contributed by atoms with Crippen LogP contribution in [0.3, 0.4) is 0 Å². The number of para-hydroxylation sites is 4. The van der Waals surface area contributed by atoms with Gasteiger partial charge in [-0.3, -0.25) is 0 Å². The zero-order chi connectivity index (χ0) is 44.3. The molecule has 3 nitrogen and oxygen atoms in total. The third-order valence-electron chi connectivity index (χ3n) is 13.3. The Morgan fingerprint density at radius 1 is 0.269 bits per heavy atom. The lowest BCUT2D eigenvalue weighted by Gasteiger charge is -2.26. The summed E-state index contributed by atoms with van der Waals surface area (Å²) in [5.41, 5.74) is 17.7. The normalized spacial score (nSPS) is 11.6. The quantitative estimate of drug-likeness (QED) is 0.152. The number of rotatable bonds is 8. The van der Waals surface area contributed by atoms with Gasteiger partial charge in [0.05, 0.1) is 11.0 Å². The van der Waals surface area contributed by atoms with Crippen LogP contribution in [-0.4, -0.2) is 4.57 Å². The fraction of sp³-hybridized carbons (Fsp3) is 0. The van der Waals surface area contributed by atoms with E-state index in [-0.39, 0.29) is 0 Å². The number of hydrogen-bond donors (Lipinski definition) is 0. The van der Waals surface area contributed by atoms with Crippen LogP contribution in [0.4, 0.5) is 17.1 Å². The summed E-state index contributed by atoms with van der Waals surface area (Å²) in [6.07, 6.45) is 0. The van der Waals surface area contributed by atoms with Crippen molar-refractivity contribution in [3.05, 3.63) is 255 Å². The predicted octanol–water partition coefficient (Wildman–Crippen LogP) is 18.0. The van der Waals surface area contributed by atoms with E-state index in [0.717, 1.165) is 89.2 Å². The van der Waals surface area contributed by atoms with Crippen molar-refractivity contribution in [1.29, 1.82) is 0 Å². The van der Waals surface area contributed by atoms with Crippen LogP contribution in [0.2, 0.25) is 0 Å². The average Bonchev–Trinajstić information content (AvgIpc) is 3.94. The maximum Gasteiger partial charge on any atom is 0.136 e. The minimum Gasteiger partial charge on any atom is -0.456 e. The molecule has 0 saturated heterocycles. The molecule has 314 valence electrons. The van der Waals surface area contributed by atoms with Crippen molar-refractivity contribution in [2.45, 2.75) is 0 Å². The molecule has 3 heteroatoms. The number of aromatic nitrogens is 1. The smallest absolute Gasteiger partial charge is 0.136 e. The fourth-order valence-corrected chi connectivity index (χ4v) is 10.1. The Labute approximate surface area is 388 Å². The van der Waals surface area contributed by atoms with E-state index in [1.165, 1.54) is 32.6 Å². The number of furan rings is 1. The lowest BCUT2D eigenvalue weighted by Crippen LogP contribution is -2.09. The molecule has 0 aliphatic heterocycles. The molecule has 0 N–H and O–H groups in total. The molecule has 0 aliphatic carbocycles. The monoisotopic (exact) mass is 854 g/mol. The summed E-state index contributed by atoms with van der Waals surface area (Å²) in [5.74, 6) is 0. The van der Waals surface area contributed by atoms with E-state index in [2.05, 4.69) is 252 Å². The van der Waals surface area contributed by atoms with E-state index in [0.29, 0.717) is 0 Å². The van der Waals surface area contributed by atoms with Crippen LogP contribution < -0.4 is 4.90 Å². The van der Waals surface area contributed by atoms with Crippen molar-refractivity contribution in [2.75, 3.05) is 4.90 Å². The van der Waals surface area contributed by atoms with Gasteiger partial charge in [-0.25, -0.2) is 0 Å². The molecule has 0 atom stereocenters. The molecule has 0 aliphatic rings. The lowest BCUT2D eigenvalue weighted by atomic mass is 9.91. The maximum absolute atomic E-state index is 6.44. The Hall–Kier alpha value is -8.92. The van der Waals surface area contributed by atoms with Crippen LogP contribution in [0.1, 0.15) is 0 Å². The Morgan fingerprint density at radius 3 is 1.58 bits per heavy atom. The molecule has 67 heavy (non-hydrogen) atoms. The zero-order valence-electron chi connectivity index (χ0n) is 36.6. The third kappa shape index (κ3) is 6.84. The molecule has 0 saturated carbocycles. The van der Waals surface area contributed by atoms with Crippen molar-refractivity contribution >= 4 is 71.6 Å². The number of nitrogens with zero attached hydrogens (tertiary/aromatic N) is 2. The second-order valence-electron chi connectivity index (χ2n) is 17.4. The minimum absolute atomic E-state index is 0.884. The SMILES string of the molecule is c1ccc(N(c2cccc(-c3cccc(-c4cc(-c5ccc6c(c5)oc5ccccc56)cc(-c5ccc6c7ccccc7n(-c7ccccc7)c6c5)c4)c3)c2)c2ccc3ccccc3c2)cc1. The van der Waals surface area contributed by atoms with Crippen molar-refractivity contribution in [1.82, 2.24) is 4.57 Å². The Kier molecular flexibility index (Phi) is 9.17. The molecular formula is C64H42N2O. The van der Waals surface area contributed by atoms with Crippen molar-refractivity contribution in [3.63, 3.8) is 0 Å². The maximum atomic E-state index is 6.44. The first-order valence-electron chi connectivity index (χ1n) is 22.9. The average molecular weight is 855 g/mol. The van der Waals surface area contributed by atoms with Crippen LogP contribution in [0, 0.1) is 0 Å². The molecule has 13 rings (SSSR count). The van der Waals surface area contributed by atoms with Gasteiger partial charge in [0, 0.05) is 44.3 Å². The van der Waals surface area contributed by atoms with Crippen molar-refractivity contribution in [3.8, 4) is 50.2 Å². The molecule has 2 aromatic heterocycles. The van der Waals surface area contributed by atoms with Crippen LogP contribution >= 0.6 is 0 Å². The van der Waals surface area contributed by atoms with Gasteiger partial charge in [-0.2, -0.15) is 0 Å². The van der Waals surface area contributed by atoms with E-state index in [1.54, 1.807) is 0 Å². The third-order valence-corrected chi connectivity index (χ3v) is 13.3. The van der Waals surface area contributed by atoms with Gasteiger partial charge in [0.2, 0.25) is 0 Å². The molecule has 11 aromatic carbocycles. The van der Waals surface area contributed by atoms with Gasteiger partial charge in [-0.05, 0) is 158 Å². The first-order chi connectivity index (χ1) is 33.2. The van der Waals surface area contributed by atoms with Gasteiger partial charge in [-0.1, -0.05) is 152 Å². The molecule has 0 amide bonds. The Balaban J connectivity index is 0.956. The van der Waals surface area contributed by atoms with E-state index in [1.807, 2.05) is 12.1 Å². The van der Waals surface area contributed by atoms with Gasteiger partial charge in [-0.15, -0.1) is 0 Å². The summed E-state index contributed by atoms with van der Waals surface area (Å²) >= 11 is 0. The molecular weight excluding hydrogens is 813 g/mol. The van der Waals surface area contributed by atoms with E-state index in [9.17, 15) is 0 Å². The first-order valence-corrected chi connectivity index (χ1v) is 22.9. The summed E-state index contributed by atoms with van der Waals surface area (Å²) in [4.78, 5) is 2.35. The number of hydrogen-bond acceptors (Lipinski definition) is 2. The minimum atomic E-state index is 0.884.